The van der Waals surface area contributed by atoms with Gasteiger partial charge in [-0.05, 0) is 47.0 Å². The van der Waals surface area contributed by atoms with Crippen molar-refractivity contribution in [1.82, 2.24) is 0 Å². The van der Waals surface area contributed by atoms with Crippen LogP contribution in [0.1, 0.15) is 12.8 Å². The first kappa shape index (κ1) is 8.72. The molecule has 1 spiro atoms. The first-order valence-electron chi connectivity index (χ1n) is 4.89. The standard InChI is InChI=1S/C11H11BrFN/c12-9-2-1-8(5-10(9)13)14-6-11(7-14)3-4-11/h1-2,5H,3-4,6-7H2. The van der Waals surface area contributed by atoms with Crippen molar-refractivity contribution in [3.05, 3.63) is 28.5 Å². The molecule has 0 unspecified atom stereocenters. The van der Waals surface area contributed by atoms with E-state index in [1.165, 1.54) is 12.8 Å². The number of hydrogen-bond acceptors (Lipinski definition) is 1. The molecule has 2 aliphatic rings. The molecule has 1 nitrogen and oxygen atoms in total. The van der Waals surface area contributed by atoms with E-state index in [9.17, 15) is 4.39 Å². The van der Waals surface area contributed by atoms with Crippen molar-refractivity contribution in [1.29, 1.82) is 0 Å². The second-order valence-corrected chi connectivity index (χ2v) is 5.31. The predicted molar refractivity (Wildman–Crippen MR) is 58.0 cm³/mol. The van der Waals surface area contributed by atoms with Crippen LogP contribution < -0.4 is 4.90 Å². The summed E-state index contributed by atoms with van der Waals surface area (Å²) in [6.45, 7) is 2.24. The van der Waals surface area contributed by atoms with Crippen LogP contribution in [-0.2, 0) is 0 Å². The summed E-state index contributed by atoms with van der Waals surface area (Å²) in [5, 5.41) is 0. The number of nitrogens with zero attached hydrogens (tertiary/aromatic N) is 1. The summed E-state index contributed by atoms with van der Waals surface area (Å²) in [5.74, 6) is -0.167. The van der Waals surface area contributed by atoms with Gasteiger partial charge in [-0.25, -0.2) is 4.39 Å². The Hall–Kier alpha value is -0.570. The van der Waals surface area contributed by atoms with Crippen LogP contribution in [0.2, 0.25) is 0 Å². The quantitative estimate of drug-likeness (QED) is 0.745. The summed E-state index contributed by atoms with van der Waals surface area (Å²) < 4.78 is 13.8. The lowest BCUT2D eigenvalue weighted by atomic mass is 9.96. The number of hydrogen-bond donors (Lipinski definition) is 0. The Balaban J connectivity index is 1.80. The van der Waals surface area contributed by atoms with Gasteiger partial charge in [-0.1, -0.05) is 0 Å². The summed E-state index contributed by atoms with van der Waals surface area (Å²) in [6, 6.07) is 5.37. The van der Waals surface area contributed by atoms with E-state index in [1.807, 2.05) is 6.07 Å². The molecule has 3 heteroatoms. The monoisotopic (exact) mass is 255 g/mol. The maximum atomic E-state index is 13.2. The van der Waals surface area contributed by atoms with Gasteiger partial charge < -0.3 is 4.90 Å². The fourth-order valence-corrected chi connectivity index (χ4v) is 2.37. The van der Waals surface area contributed by atoms with Crippen LogP contribution >= 0.6 is 15.9 Å². The molecule has 0 amide bonds. The van der Waals surface area contributed by atoms with Crippen molar-refractivity contribution >= 4 is 21.6 Å². The third kappa shape index (κ3) is 1.26. The largest absolute Gasteiger partial charge is 0.370 e. The molecule has 3 rings (SSSR count). The topological polar surface area (TPSA) is 3.24 Å². The van der Waals surface area contributed by atoms with E-state index in [4.69, 9.17) is 0 Å². The van der Waals surface area contributed by atoms with Gasteiger partial charge in [0, 0.05) is 24.2 Å². The smallest absolute Gasteiger partial charge is 0.139 e. The molecular weight excluding hydrogens is 245 g/mol. The van der Waals surface area contributed by atoms with Gasteiger partial charge in [0.25, 0.3) is 0 Å². The van der Waals surface area contributed by atoms with E-state index in [0.29, 0.717) is 9.89 Å². The Morgan fingerprint density at radius 2 is 2.00 bits per heavy atom. The first-order chi connectivity index (χ1) is 6.69. The number of anilines is 1. The zero-order valence-electron chi connectivity index (χ0n) is 7.76. The molecule has 1 saturated carbocycles. The Labute approximate surface area is 91.0 Å². The molecule has 0 aromatic heterocycles. The summed E-state index contributed by atoms with van der Waals surface area (Å²) in [5.41, 5.74) is 1.65. The molecule has 1 aliphatic heterocycles. The van der Waals surface area contributed by atoms with Crippen molar-refractivity contribution in [3.8, 4) is 0 Å². The van der Waals surface area contributed by atoms with Gasteiger partial charge in [0.1, 0.15) is 5.82 Å². The lowest BCUT2D eigenvalue weighted by Gasteiger charge is -2.41. The lowest BCUT2D eigenvalue weighted by molar-refractivity contribution is 0.387. The van der Waals surface area contributed by atoms with Crippen LogP contribution in [0.5, 0.6) is 0 Å². The van der Waals surface area contributed by atoms with Crippen molar-refractivity contribution in [2.75, 3.05) is 18.0 Å². The van der Waals surface area contributed by atoms with Crippen LogP contribution in [0.3, 0.4) is 0 Å². The SMILES string of the molecule is Fc1cc(N2CC3(CC3)C2)ccc1Br. The summed E-state index contributed by atoms with van der Waals surface area (Å²) in [7, 11) is 0. The fourth-order valence-electron chi connectivity index (χ4n) is 2.12. The minimum Gasteiger partial charge on any atom is -0.370 e. The summed E-state index contributed by atoms with van der Waals surface area (Å²) in [4.78, 5) is 2.25. The third-order valence-corrected chi connectivity index (χ3v) is 3.92. The fraction of sp³-hybridized carbons (Fsp3) is 0.455. The van der Waals surface area contributed by atoms with E-state index in [-0.39, 0.29) is 5.82 Å². The number of benzene rings is 1. The van der Waals surface area contributed by atoms with Crippen LogP contribution in [-0.4, -0.2) is 13.1 Å². The molecule has 0 radical (unpaired) electrons. The molecule has 2 fully saturated rings. The average Bonchev–Trinajstić information content (AvgIpc) is 2.87. The van der Waals surface area contributed by atoms with Crippen LogP contribution in [0.25, 0.3) is 0 Å². The molecular formula is C11H11BrFN. The van der Waals surface area contributed by atoms with Gasteiger partial charge in [-0.2, -0.15) is 0 Å². The minimum absolute atomic E-state index is 0.167. The molecule has 1 saturated heterocycles. The normalized spacial score (nSPS) is 22.3. The predicted octanol–water partition coefficient (Wildman–Crippen LogP) is 3.19. The first-order valence-corrected chi connectivity index (χ1v) is 5.68. The van der Waals surface area contributed by atoms with Gasteiger partial charge in [-0.3, -0.25) is 0 Å². The van der Waals surface area contributed by atoms with Gasteiger partial charge in [0.15, 0.2) is 0 Å². The molecule has 0 N–H and O–H groups in total. The van der Waals surface area contributed by atoms with E-state index in [1.54, 1.807) is 12.1 Å². The van der Waals surface area contributed by atoms with E-state index < -0.39 is 0 Å². The molecule has 1 aliphatic carbocycles. The Morgan fingerprint density at radius 1 is 1.29 bits per heavy atom. The zero-order valence-corrected chi connectivity index (χ0v) is 9.35. The highest BCUT2D eigenvalue weighted by Gasteiger charge is 2.52. The van der Waals surface area contributed by atoms with E-state index in [2.05, 4.69) is 20.8 Å². The van der Waals surface area contributed by atoms with E-state index >= 15 is 0 Å². The minimum atomic E-state index is -0.167. The highest BCUT2D eigenvalue weighted by atomic mass is 79.9. The van der Waals surface area contributed by atoms with Crippen molar-refractivity contribution in [2.24, 2.45) is 5.41 Å². The van der Waals surface area contributed by atoms with Crippen LogP contribution in [0.15, 0.2) is 22.7 Å². The second-order valence-electron chi connectivity index (χ2n) is 4.45. The molecule has 14 heavy (non-hydrogen) atoms. The Kier molecular flexibility index (Phi) is 1.69. The summed E-state index contributed by atoms with van der Waals surface area (Å²) >= 11 is 3.16. The third-order valence-electron chi connectivity index (χ3n) is 3.28. The molecule has 74 valence electrons. The van der Waals surface area contributed by atoms with E-state index in [0.717, 1.165) is 18.8 Å². The van der Waals surface area contributed by atoms with Gasteiger partial charge >= 0.3 is 0 Å². The van der Waals surface area contributed by atoms with Crippen molar-refractivity contribution in [2.45, 2.75) is 12.8 Å². The van der Waals surface area contributed by atoms with Crippen LogP contribution in [0, 0.1) is 11.2 Å². The number of halogens is 2. The average molecular weight is 256 g/mol. The van der Waals surface area contributed by atoms with Crippen molar-refractivity contribution < 1.29 is 4.39 Å². The highest BCUT2D eigenvalue weighted by Crippen LogP contribution is 2.53. The Morgan fingerprint density at radius 3 is 2.57 bits per heavy atom. The molecule has 1 aromatic carbocycles. The molecule has 1 aromatic rings. The second kappa shape index (κ2) is 2.72. The highest BCUT2D eigenvalue weighted by molar-refractivity contribution is 9.10. The zero-order chi connectivity index (χ0) is 9.76. The Bertz CT molecular complexity index is 379. The lowest BCUT2D eigenvalue weighted by Crippen LogP contribution is -2.48. The van der Waals surface area contributed by atoms with Crippen molar-refractivity contribution in [3.63, 3.8) is 0 Å². The van der Waals surface area contributed by atoms with Gasteiger partial charge in [0.05, 0.1) is 4.47 Å². The maximum absolute atomic E-state index is 13.2. The number of rotatable bonds is 1. The maximum Gasteiger partial charge on any atom is 0.139 e. The van der Waals surface area contributed by atoms with Crippen LogP contribution in [0.4, 0.5) is 10.1 Å². The molecule has 0 atom stereocenters. The molecule has 0 bridgehead atoms. The van der Waals surface area contributed by atoms with Gasteiger partial charge in [0.2, 0.25) is 0 Å². The molecule has 1 heterocycles. The summed E-state index contributed by atoms with van der Waals surface area (Å²) in [6.07, 6.45) is 2.73. The van der Waals surface area contributed by atoms with Gasteiger partial charge in [-0.15, -0.1) is 0 Å².